The number of nitro groups is 1. The molecule has 10 nitrogen and oxygen atoms in total. The zero-order valence-electron chi connectivity index (χ0n) is 14.4. The number of nitrogens with one attached hydrogen (secondary N) is 1. The molecule has 1 aliphatic heterocycles. The summed E-state index contributed by atoms with van der Waals surface area (Å²) in [4.78, 5) is 33.6. The van der Waals surface area contributed by atoms with Crippen molar-refractivity contribution in [3.8, 4) is 0 Å². The van der Waals surface area contributed by atoms with Crippen LogP contribution in [0.1, 0.15) is 21.5 Å². The average Bonchev–Trinajstić information content (AvgIpc) is 2.91. The van der Waals surface area contributed by atoms with Crippen molar-refractivity contribution in [2.45, 2.75) is 13.2 Å². The molecule has 0 aliphatic carbocycles. The van der Waals surface area contributed by atoms with Crippen molar-refractivity contribution >= 4 is 27.8 Å². The summed E-state index contributed by atoms with van der Waals surface area (Å²) in [7, 11) is -3.82. The predicted molar refractivity (Wildman–Crippen MR) is 96.1 cm³/mol. The minimum atomic E-state index is -3.82. The number of rotatable bonds is 6. The summed E-state index contributed by atoms with van der Waals surface area (Å²) >= 11 is 0. The Morgan fingerprint density at radius 3 is 2.50 bits per heavy atom. The Bertz CT molecular complexity index is 1030. The molecule has 0 unspecified atom stereocenters. The zero-order valence-corrected chi connectivity index (χ0v) is 15.2. The van der Waals surface area contributed by atoms with Crippen LogP contribution in [0.25, 0.3) is 0 Å². The van der Waals surface area contributed by atoms with E-state index in [-0.39, 0.29) is 30.9 Å². The van der Waals surface area contributed by atoms with Crippen LogP contribution < -0.4 is 4.72 Å². The molecule has 1 N–H and O–H groups in total. The van der Waals surface area contributed by atoms with Crippen LogP contribution >= 0.6 is 0 Å². The summed E-state index contributed by atoms with van der Waals surface area (Å²) < 4.78 is 31.4. The average molecular weight is 405 g/mol. The van der Waals surface area contributed by atoms with Gasteiger partial charge < -0.3 is 4.74 Å². The van der Waals surface area contributed by atoms with Gasteiger partial charge in [-0.1, -0.05) is 24.3 Å². The molecular formula is C17H15N3O7S. The Balaban J connectivity index is 1.60. The first kappa shape index (κ1) is 19.5. The van der Waals surface area contributed by atoms with Gasteiger partial charge in [-0.15, -0.1) is 0 Å². The van der Waals surface area contributed by atoms with Gasteiger partial charge in [-0.3, -0.25) is 14.9 Å². The van der Waals surface area contributed by atoms with Crippen molar-refractivity contribution in [1.82, 2.24) is 9.03 Å². The summed E-state index contributed by atoms with van der Waals surface area (Å²) in [5.41, 5.74) is 1.22. The Hall–Kier alpha value is -3.31. The minimum Gasteiger partial charge on any atom is -0.457 e. The van der Waals surface area contributed by atoms with Crippen LogP contribution in [0.4, 0.5) is 5.69 Å². The fourth-order valence-corrected chi connectivity index (χ4v) is 3.66. The van der Waals surface area contributed by atoms with E-state index in [4.69, 9.17) is 4.74 Å². The standard InChI is InChI=1S/C17H15N3O7S/c21-16-10-19(28(25,26)18-16)9-12-4-6-14(7-5-12)17(22)27-11-13-2-1-3-15(8-13)20(23)24/h1-8H,9-11H2,(H,18,21). The third-order valence-electron chi connectivity index (χ3n) is 3.94. The Morgan fingerprint density at radius 1 is 1.18 bits per heavy atom. The number of nitro benzene ring substituents is 1. The first-order chi connectivity index (χ1) is 13.2. The third kappa shape index (κ3) is 4.50. The number of hydrogen-bond donors (Lipinski definition) is 1. The van der Waals surface area contributed by atoms with Crippen molar-refractivity contribution in [1.29, 1.82) is 0 Å². The van der Waals surface area contributed by atoms with E-state index in [0.29, 0.717) is 11.1 Å². The molecule has 0 saturated carbocycles. The molecule has 28 heavy (non-hydrogen) atoms. The van der Waals surface area contributed by atoms with E-state index in [1.165, 1.54) is 30.3 Å². The first-order valence-electron chi connectivity index (χ1n) is 8.05. The fourth-order valence-electron chi connectivity index (χ4n) is 2.57. The molecule has 1 fully saturated rings. The molecule has 0 bridgehead atoms. The quantitative estimate of drug-likeness (QED) is 0.432. The van der Waals surface area contributed by atoms with E-state index in [0.717, 1.165) is 4.31 Å². The minimum absolute atomic E-state index is 0.00984. The molecule has 1 aliphatic rings. The Labute approximate surface area is 160 Å². The summed E-state index contributed by atoms with van der Waals surface area (Å²) in [6, 6.07) is 11.8. The SMILES string of the molecule is O=C1CN(Cc2ccc(C(=O)OCc3cccc([N+](=O)[O-])c3)cc2)S(=O)(=O)N1. The van der Waals surface area contributed by atoms with Gasteiger partial charge in [0.2, 0.25) is 5.91 Å². The normalized spacial score (nSPS) is 15.8. The molecule has 146 valence electrons. The second-order valence-electron chi connectivity index (χ2n) is 6.00. The van der Waals surface area contributed by atoms with Gasteiger partial charge in [0.1, 0.15) is 6.61 Å². The van der Waals surface area contributed by atoms with Crippen molar-refractivity contribution in [2.24, 2.45) is 0 Å². The molecule has 1 amide bonds. The van der Waals surface area contributed by atoms with Gasteiger partial charge in [-0.05, 0) is 23.3 Å². The molecule has 0 spiro atoms. The molecule has 11 heteroatoms. The maximum atomic E-state index is 12.1. The molecule has 1 saturated heterocycles. The lowest BCUT2D eigenvalue weighted by atomic mass is 10.1. The van der Waals surface area contributed by atoms with Crippen molar-refractivity contribution in [2.75, 3.05) is 6.54 Å². The molecule has 2 aromatic rings. The molecule has 3 rings (SSSR count). The monoisotopic (exact) mass is 405 g/mol. The second-order valence-corrected chi connectivity index (χ2v) is 7.67. The third-order valence-corrected chi connectivity index (χ3v) is 5.37. The summed E-state index contributed by atoms with van der Waals surface area (Å²) in [5, 5.41) is 10.8. The number of hydrogen-bond acceptors (Lipinski definition) is 7. The largest absolute Gasteiger partial charge is 0.457 e. The highest BCUT2D eigenvalue weighted by Gasteiger charge is 2.33. The molecule has 0 radical (unpaired) electrons. The van der Waals surface area contributed by atoms with Crippen molar-refractivity contribution < 1.29 is 27.7 Å². The number of carbonyl (C=O) groups excluding carboxylic acids is 2. The van der Waals surface area contributed by atoms with Gasteiger partial charge in [-0.25, -0.2) is 9.52 Å². The first-order valence-corrected chi connectivity index (χ1v) is 9.49. The number of ether oxygens (including phenoxy) is 1. The smallest absolute Gasteiger partial charge is 0.338 e. The lowest BCUT2D eigenvalue weighted by Crippen LogP contribution is -2.29. The van der Waals surface area contributed by atoms with Crippen LogP contribution in [0.5, 0.6) is 0 Å². The Kier molecular flexibility index (Phi) is 5.38. The molecular weight excluding hydrogens is 390 g/mol. The zero-order chi connectivity index (χ0) is 20.3. The summed E-state index contributed by atoms with van der Waals surface area (Å²) in [5.74, 6) is -1.22. The maximum absolute atomic E-state index is 12.1. The fraction of sp³-hybridized carbons (Fsp3) is 0.176. The highest BCUT2D eigenvalue weighted by Crippen LogP contribution is 2.16. The topological polar surface area (TPSA) is 136 Å². The number of non-ortho nitro benzene ring substituents is 1. The van der Waals surface area contributed by atoms with Crippen molar-refractivity contribution in [3.63, 3.8) is 0 Å². The van der Waals surface area contributed by atoms with Crippen LogP contribution in [0, 0.1) is 10.1 Å². The van der Waals surface area contributed by atoms with Crippen LogP contribution in [0.2, 0.25) is 0 Å². The number of amides is 1. The molecule has 2 aromatic carbocycles. The van der Waals surface area contributed by atoms with E-state index in [9.17, 15) is 28.1 Å². The lowest BCUT2D eigenvalue weighted by molar-refractivity contribution is -0.384. The van der Waals surface area contributed by atoms with E-state index >= 15 is 0 Å². The van der Waals surface area contributed by atoms with Gasteiger partial charge in [0.05, 0.1) is 17.0 Å². The van der Waals surface area contributed by atoms with Crippen molar-refractivity contribution in [3.05, 3.63) is 75.3 Å². The van der Waals surface area contributed by atoms with Crippen LogP contribution in [-0.4, -0.2) is 36.1 Å². The number of benzene rings is 2. The van der Waals surface area contributed by atoms with E-state index in [1.807, 2.05) is 4.72 Å². The van der Waals surface area contributed by atoms with Crippen LogP contribution in [-0.2, 0) is 32.9 Å². The number of nitrogens with zero attached hydrogens (tertiary/aromatic N) is 2. The molecule has 1 heterocycles. The molecule has 0 aromatic heterocycles. The molecule has 0 atom stereocenters. The van der Waals surface area contributed by atoms with Crippen LogP contribution in [0.15, 0.2) is 48.5 Å². The van der Waals surface area contributed by atoms with Crippen LogP contribution in [0.3, 0.4) is 0 Å². The van der Waals surface area contributed by atoms with Gasteiger partial charge in [0.25, 0.3) is 5.69 Å². The van der Waals surface area contributed by atoms with E-state index < -0.39 is 27.0 Å². The Morgan fingerprint density at radius 2 is 1.89 bits per heavy atom. The number of carbonyl (C=O) groups is 2. The summed E-state index contributed by atoms with van der Waals surface area (Å²) in [6.45, 7) is -0.387. The summed E-state index contributed by atoms with van der Waals surface area (Å²) in [6.07, 6.45) is 0. The van der Waals surface area contributed by atoms with Gasteiger partial charge in [0, 0.05) is 18.7 Å². The maximum Gasteiger partial charge on any atom is 0.338 e. The predicted octanol–water partition coefficient (Wildman–Crippen LogP) is 1.13. The highest BCUT2D eigenvalue weighted by molar-refractivity contribution is 7.88. The number of esters is 1. The highest BCUT2D eigenvalue weighted by atomic mass is 32.2. The van der Waals surface area contributed by atoms with E-state index in [2.05, 4.69) is 0 Å². The van der Waals surface area contributed by atoms with Gasteiger partial charge in [0.15, 0.2) is 0 Å². The second kappa shape index (κ2) is 7.74. The van der Waals surface area contributed by atoms with E-state index in [1.54, 1.807) is 18.2 Å². The van der Waals surface area contributed by atoms with Gasteiger partial charge in [-0.2, -0.15) is 12.7 Å². The van der Waals surface area contributed by atoms with Gasteiger partial charge >= 0.3 is 16.2 Å². The lowest BCUT2D eigenvalue weighted by Gasteiger charge is -2.12.